The highest BCUT2D eigenvalue weighted by atomic mass is 35.5. The molecule has 2 aromatic heterocycles. The first-order valence-corrected chi connectivity index (χ1v) is 9.85. The van der Waals surface area contributed by atoms with Crippen LogP contribution < -0.4 is 5.32 Å². The Morgan fingerprint density at radius 1 is 1.14 bits per heavy atom. The first kappa shape index (κ1) is 21.8. The first-order chi connectivity index (χ1) is 13.4. The Morgan fingerprint density at radius 3 is 2.83 bits per heavy atom. The van der Waals surface area contributed by atoms with Crippen LogP contribution in [0.4, 0.5) is 0 Å². The minimum Gasteiger partial charge on any atom is -0.371 e. The molecule has 5 rings (SSSR count). The number of aromatic nitrogens is 4. The molecule has 1 saturated carbocycles. The van der Waals surface area contributed by atoms with Crippen LogP contribution in [0.15, 0.2) is 48.8 Å². The molecule has 3 aromatic rings. The zero-order valence-corrected chi connectivity index (χ0v) is 17.9. The molecule has 0 radical (unpaired) electrons. The maximum atomic E-state index is 6.31. The standard InChI is InChI=1S/C21H25N5O.2ClH/c1-2-5-16(6-3-1)15-27-20-8-4-7-19(20)25-11-10-23-21(25)18-13-17-14-22-9-12-26(17)24-18;;/h1-3,5-6,10-11,13,19-20,22H,4,7-9,12,14-15H2;2*1H/t19-,20-;;/m1../s1. The Bertz CT molecular complexity index is 887. The van der Waals surface area contributed by atoms with Gasteiger partial charge in [-0.05, 0) is 30.9 Å². The zero-order chi connectivity index (χ0) is 18.1. The molecule has 2 aliphatic rings. The lowest BCUT2D eigenvalue weighted by molar-refractivity contribution is 0.0198. The fraction of sp³-hybridized carbons (Fsp3) is 0.429. The molecule has 1 aliphatic heterocycles. The van der Waals surface area contributed by atoms with E-state index in [0.717, 1.165) is 44.0 Å². The van der Waals surface area contributed by atoms with Gasteiger partial charge in [-0.3, -0.25) is 4.68 Å². The third-order valence-electron chi connectivity index (χ3n) is 5.65. The van der Waals surface area contributed by atoms with Gasteiger partial charge in [0.15, 0.2) is 5.82 Å². The Balaban J connectivity index is 0.00000120. The summed E-state index contributed by atoms with van der Waals surface area (Å²) in [5, 5.41) is 8.20. The van der Waals surface area contributed by atoms with E-state index >= 15 is 0 Å². The van der Waals surface area contributed by atoms with E-state index in [4.69, 9.17) is 9.84 Å². The van der Waals surface area contributed by atoms with Crippen LogP contribution in [0.25, 0.3) is 11.5 Å². The summed E-state index contributed by atoms with van der Waals surface area (Å²) in [5.41, 5.74) is 3.42. The SMILES string of the molecule is Cl.Cl.c1ccc(CO[C@@H]2CCC[C@H]2n2ccnc2-c2cc3n(n2)CCNC3)cc1. The van der Waals surface area contributed by atoms with Crippen molar-refractivity contribution in [1.29, 1.82) is 0 Å². The number of nitrogens with one attached hydrogen (secondary N) is 1. The number of rotatable bonds is 5. The lowest BCUT2D eigenvalue weighted by atomic mass is 10.2. The second-order valence-corrected chi connectivity index (χ2v) is 7.41. The molecule has 1 aromatic carbocycles. The Kier molecular flexibility index (Phi) is 7.35. The molecule has 6 nitrogen and oxygen atoms in total. The number of nitrogens with zero attached hydrogens (tertiary/aromatic N) is 4. The molecule has 1 aliphatic carbocycles. The van der Waals surface area contributed by atoms with Crippen LogP contribution in [0.3, 0.4) is 0 Å². The molecule has 2 atom stereocenters. The smallest absolute Gasteiger partial charge is 0.160 e. The van der Waals surface area contributed by atoms with Crippen molar-refractivity contribution in [2.45, 2.75) is 51.1 Å². The predicted molar refractivity (Wildman–Crippen MR) is 118 cm³/mol. The third kappa shape index (κ3) is 4.51. The molecular weight excluding hydrogens is 409 g/mol. The number of benzene rings is 1. The predicted octanol–water partition coefficient (Wildman–Crippen LogP) is 4.00. The topological polar surface area (TPSA) is 56.9 Å². The van der Waals surface area contributed by atoms with Crippen LogP contribution in [0, 0.1) is 0 Å². The van der Waals surface area contributed by atoms with Gasteiger partial charge in [-0.15, -0.1) is 24.8 Å². The van der Waals surface area contributed by atoms with Crippen molar-refractivity contribution >= 4 is 24.8 Å². The van der Waals surface area contributed by atoms with E-state index in [1.54, 1.807) is 0 Å². The largest absolute Gasteiger partial charge is 0.371 e. The Labute approximate surface area is 183 Å². The van der Waals surface area contributed by atoms with Gasteiger partial charge in [-0.25, -0.2) is 4.98 Å². The van der Waals surface area contributed by atoms with Gasteiger partial charge in [0.2, 0.25) is 0 Å². The fourth-order valence-electron chi connectivity index (χ4n) is 4.28. The summed E-state index contributed by atoms with van der Waals surface area (Å²) in [7, 11) is 0. The van der Waals surface area contributed by atoms with Gasteiger partial charge in [0.05, 0.1) is 31.0 Å². The third-order valence-corrected chi connectivity index (χ3v) is 5.65. The molecule has 29 heavy (non-hydrogen) atoms. The Hall–Kier alpha value is -1.86. The number of imidazole rings is 1. The minimum atomic E-state index is 0. The number of ether oxygens (including phenoxy) is 1. The summed E-state index contributed by atoms with van der Waals surface area (Å²) < 4.78 is 10.7. The van der Waals surface area contributed by atoms with E-state index in [9.17, 15) is 0 Å². The van der Waals surface area contributed by atoms with Crippen LogP contribution >= 0.6 is 24.8 Å². The summed E-state index contributed by atoms with van der Waals surface area (Å²) in [6, 6.07) is 12.9. The van der Waals surface area contributed by atoms with Gasteiger partial charge in [0.1, 0.15) is 5.69 Å². The molecular formula is C21H27Cl2N5O. The summed E-state index contributed by atoms with van der Waals surface area (Å²) in [6.45, 7) is 3.43. The van der Waals surface area contributed by atoms with Gasteiger partial charge < -0.3 is 14.6 Å². The van der Waals surface area contributed by atoms with Crippen LogP contribution in [0.2, 0.25) is 0 Å². The number of hydrogen-bond donors (Lipinski definition) is 1. The lowest BCUT2D eigenvalue weighted by Crippen LogP contribution is -2.28. The van der Waals surface area contributed by atoms with Crippen molar-refractivity contribution in [2.75, 3.05) is 6.54 Å². The van der Waals surface area contributed by atoms with Gasteiger partial charge in [-0.1, -0.05) is 30.3 Å². The van der Waals surface area contributed by atoms with E-state index in [1.165, 1.54) is 17.7 Å². The normalized spacial score (nSPS) is 20.6. The van der Waals surface area contributed by atoms with E-state index in [1.807, 2.05) is 12.3 Å². The van der Waals surface area contributed by atoms with E-state index in [0.29, 0.717) is 12.6 Å². The van der Waals surface area contributed by atoms with Crippen LogP contribution in [-0.4, -0.2) is 32.0 Å². The van der Waals surface area contributed by atoms with Crippen LogP contribution in [0.1, 0.15) is 36.6 Å². The second-order valence-electron chi connectivity index (χ2n) is 7.41. The molecule has 1 N–H and O–H groups in total. The first-order valence-electron chi connectivity index (χ1n) is 9.85. The van der Waals surface area contributed by atoms with E-state index in [2.05, 4.69) is 56.1 Å². The van der Waals surface area contributed by atoms with Gasteiger partial charge >= 0.3 is 0 Å². The lowest BCUT2D eigenvalue weighted by Gasteiger charge is -2.23. The molecule has 0 unspecified atom stereocenters. The average Bonchev–Trinajstić information content (AvgIpc) is 3.44. The highest BCUT2D eigenvalue weighted by Crippen LogP contribution is 2.35. The quantitative estimate of drug-likeness (QED) is 0.657. The molecule has 0 saturated heterocycles. The van der Waals surface area contributed by atoms with Crippen molar-refractivity contribution in [3.63, 3.8) is 0 Å². The second kappa shape index (κ2) is 9.76. The summed E-state index contributed by atoms with van der Waals surface area (Å²) in [4.78, 5) is 4.64. The number of fused-ring (bicyclic) bond motifs is 1. The fourth-order valence-corrected chi connectivity index (χ4v) is 4.28. The molecule has 3 heterocycles. The van der Waals surface area contributed by atoms with Crippen molar-refractivity contribution in [2.24, 2.45) is 0 Å². The van der Waals surface area contributed by atoms with Gasteiger partial charge in [-0.2, -0.15) is 5.10 Å². The monoisotopic (exact) mass is 435 g/mol. The number of halogens is 2. The van der Waals surface area contributed by atoms with Crippen molar-refractivity contribution < 1.29 is 4.74 Å². The number of hydrogen-bond acceptors (Lipinski definition) is 4. The molecule has 0 amide bonds. The highest BCUT2D eigenvalue weighted by Gasteiger charge is 2.31. The van der Waals surface area contributed by atoms with Crippen LogP contribution in [-0.2, 0) is 24.4 Å². The molecule has 1 fully saturated rings. The summed E-state index contributed by atoms with van der Waals surface area (Å²) in [6.07, 6.45) is 7.60. The van der Waals surface area contributed by atoms with Crippen molar-refractivity contribution in [1.82, 2.24) is 24.6 Å². The molecule has 0 bridgehead atoms. The van der Waals surface area contributed by atoms with Gasteiger partial charge in [0, 0.05) is 25.5 Å². The van der Waals surface area contributed by atoms with Crippen molar-refractivity contribution in [3.8, 4) is 11.5 Å². The van der Waals surface area contributed by atoms with E-state index in [-0.39, 0.29) is 30.9 Å². The molecule has 8 heteroatoms. The average molecular weight is 436 g/mol. The minimum absolute atomic E-state index is 0. The zero-order valence-electron chi connectivity index (χ0n) is 16.2. The van der Waals surface area contributed by atoms with Gasteiger partial charge in [0.25, 0.3) is 0 Å². The maximum absolute atomic E-state index is 6.31. The molecule has 156 valence electrons. The summed E-state index contributed by atoms with van der Waals surface area (Å²) in [5.74, 6) is 0.956. The summed E-state index contributed by atoms with van der Waals surface area (Å²) >= 11 is 0. The Morgan fingerprint density at radius 2 is 2.00 bits per heavy atom. The highest BCUT2D eigenvalue weighted by molar-refractivity contribution is 5.85. The van der Waals surface area contributed by atoms with Crippen molar-refractivity contribution in [3.05, 3.63) is 60.0 Å². The van der Waals surface area contributed by atoms with E-state index < -0.39 is 0 Å². The van der Waals surface area contributed by atoms with Crippen LogP contribution in [0.5, 0.6) is 0 Å². The maximum Gasteiger partial charge on any atom is 0.160 e. The molecule has 0 spiro atoms.